The Kier molecular flexibility index (Phi) is 4.03. The van der Waals surface area contributed by atoms with Crippen LogP contribution in [0.3, 0.4) is 0 Å². The number of hydrogen-bond donors (Lipinski definition) is 2. The molecule has 2 N–H and O–H groups in total. The first-order valence-electron chi connectivity index (χ1n) is 5.91. The van der Waals surface area contributed by atoms with Crippen LogP contribution in [0, 0.1) is 5.82 Å². The maximum atomic E-state index is 13.9. The fourth-order valence-electron chi connectivity index (χ4n) is 2.07. The number of allylic oxidation sites excluding steroid dienone is 1. The number of aliphatic hydroxyl groups is 1. The standard InChI is InChI=1S/C13H14FNO4S/c1-20(18,19)15-6-13(17)10-4-9-2-8(7-16)3-11(9)12(14)5-10/h2,4-5,7,13,15,17H,3,6H2,1H3. The van der Waals surface area contributed by atoms with E-state index in [1.54, 1.807) is 12.1 Å². The van der Waals surface area contributed by atoms with E-state index in [0.717, 1.165) is 12.3 Å². The second-order valence-electron chi connectivity index (χ2n) is 4.72. The van der Waals surface area contributed by atoms with Gasteiger partial charge >= 0.3 is 0 Å². The van der Waals surface area contributed by atoms with E-state index in [0.29, 0.717) is 23.0 Å². The molecule has 0 radical (unpaired) electrons. The van der Waals surface area contributed by atoms with Crippen LogP contribution in [0.5, 0.6) is 0 Å². The van der Waals surface area contributed by atoms with Crippen molar-refractivity contribution in [2.45, 2.75) is 12.5 Å². The lowest BCUT2D eigenvalue weighted by Gasteiger charge is -2.13. The molecule has 2 rings (SSSR count). The van der Waals surface area contributed by atoms with Crippen LogP contribution in [-0.4, -0.2) is 32.6 Å². The molecule has 1 aliphatic rings. The Balaban J connectivity index is 2.24. The summed E-state index contributed by atoms with van der Waals surface area (Å²) in [5.74, 6) is -0.510. The Hall–Kier alpha value is -1.57. The van der Waals surface area contributed by atoms with Crippen LogP contribution in [0.25, 0.3) is 6.08 Å². The van der Waals surface area contributed by atoms with Gasteiger partial charge in [-0.1, -0.05) is 0 Å². The molecule has 1 aliphatic carbocycles. The summed E-state index contributed by atoms with van der Waals surface area (Å²) in [6.45, 7) is -0.235. The van der Waals surface area contributed by atoms with Crippen molar-refractivity contribution in [3.8, 4) is 0 Å². The van der Waals surface area contributed by atoms with Gasteiger partial charge in [-0.3, -0.25) is 4.79 Å². The second kappa shape index (κ2) is 5.43. The van der Waals surface area contributed by atoms with Gasteiger partial charge in [0.25, 0.3) is 0 Å². The molecule has 0 aliphatic heterocycles. The van der Waals surface area contributed by atoms with Crippen molar-refractivity contribution in [1.29, 1.82) is 0 Å². The molecule has 0 saturated heterocycles. The molecule has 0 fully saturated rings. The predicted molar refractivity (Wildman–Crippen MR) is 72.0 cm³/mol. The molecular weight excluding hydrogens is 285 g/mol. The van der Waals surface area contributed by atoms with E-state index in [1.165, 1.54) is 0 Å². The van der Waals surface area contributed by atoms with Gasteiger partial charge in [0.05, 0.1) is 12.4 Å². The minimum atomic E-state index is -3.42. The first-order valence-corrected chi connectivity index (χ1v) is 7.80. The molecule has 0 spiro atoms. The fraction of sp³-hybridized carbons (Fsp3) is 0.308. The molecule has 0 saturated carbocycles. The SMILES string of the molecule is CS(=O)(=O)NCC(O)c1cc(F)c2c(c1)C=C(C=O)C2. The van der Waals surface area contributed by atoms with Crippen molar-refractivity contribution in [1.82, 2.24) is 4.72 Å². The van der Waals surface area contributed by atoms with Crippen LogP contribution in [0.2, 0.25) is 0 Å². The van der Waals surface area contributed by atoms with Gasteiger partial charge < -0.3 is 5.11 Å². The molecule has 0 heterocycles. The van der Waals surface area contributed by atoms with Crippen molar-refractivity contribution < 1.29 is 22.7 Å². The first kappa shape index (κ1) is 14.8. The molecule has 20 heavy (non-hydrogen) atoms. The van der Waals surface area contributed by atoms with Gasteiger partial charge in [-0.2, -0.15) is 0 Å². The Morgan fingerprint density at radius 1 is 1.50 bits per heavy atom. The lowest BCUT2D eigenvalue weighted by molar-refractivity contribution is -0.104. The molecule has 7 heteroatoms. The van der Waals surface area contributed by atoms with Crippen molar-refractivity contribution in [2.75, 3.05) is 12.8 Å². The van der Waals surface area contributed by atoms with Gasteiger partial charge in [0.15, 0.2) is 0 Å². The molecule has 1 aromatic carbocycles. The third-order valence-corrected chi connectivity index (χ3v) is 3.74. The number of rotatable bonds is 5. The Bertz CT molecular complexity index is 682. The summed E-state index contributed by atoms with van der Waals surface area (Å²) >= 11 is 0. The highest BCUT2D eigenvalue weighted by molar-refractivity contribution is 7.88. The normalized spacial score (nSPS) is 15.7. The van der Waals surface area contributed by atoms with Gasteiger partial charge in [0.2, 0.25) is 10.0 Å². The lowest BCUT2D eigenvalue weighted by Crippen LogP contribution is -2.27. The molecule has 0 amide bonds. The summed E-state index contributed by atoms with van der Waals surface area (Å²) in [5.41, 5.74) is 1.69. The summed E-state index contributed by atoms with van der Waals surface area (Å²) < 4.78 is 38.0. The maximum absolute atomic E-state index is 13.9. The van der Waals surface area contributed by atoms with E-state index in [9.17, 15) is 22.7 Å². The Morgan fingerprint density at radius 2 is 2.20 bits per heavy atom. The van der Waals surface area contributed by atoms with Gasteiger partial charge in [-0.05, 0) is 40.5 Å². The highest BCUT2D eigenvalue weighted by atomic mass is 32.2. The largest absolute Gasteiger partial charge is 0.387 e. The molecule has 0 aromatic heterocycles. The highest BCUT2D eigenvalue weighted by Gasteiger charge is 2.20. The second-order valence-corrected chi connectivity index (χ2v) is 6.55. The Morgan fingerprint density at radius 3 is 2.80 bits per heavy atom. The van der Waals surface area contributed by atoms with Gasteiger partial charge in [0.1, 0.15) is 12.1 Å². The van der Waals surface area contributed by atoms with Crippen LogP contribution in [-0.2, 0) is 21.2 Å². The number of aldehydes is 1. The van der Waals surface area contributed by atoms with Crippen LogP contribution >= 0.6 is 0 Å². The summed E-state index contributed by atoms with van der Waals surface area (Å²) in [6, 6.07) is 2.72. The molecule has 5 nitrogen and oxygen atoms in total. The number of fused-ring (bicyclic) bond motifs is 1. The average molecular weight is 299 g/mol. The zero-order chi connectivity index (χ0) is 14.9. The van der Waals surface area contributed by atoms with Gasteiger partial charge in [0, 0.05) is 13.0 Å². The van der Waals surface area contributed by atoms with E-state index in [4.69, 9.17) is 0 Å². The maximum Gasteiger partial charge on any atom is 0.208 e. The third kappa shape index (κ3) is 3.30. The van der Waals surface area contributed by atoms with Gasteiger partial charge in [-0.25, -0.2) is 17.5 Å². The predicted octanol–water partition coefficient (Wildman–Crippen LogP) is 0.547. The molecule has 108 valence electrons. The van der Waals surface area contributed by atoms with E-state index in [2.05, 4.69) is 4.72 Å². The minimum absolute atomic E-state index is 0.235. The van der Waals surface area contributed by atoms with Crippen molar-refractivity contribution >= 4 is 22.4 Å². The van der Waals surface area contributed by atoms with Crippen LogP contribution in [0.15, 0.2) is 17.7 Å². The molecular formula is C13H14FNO4S. The summed E-state index contributed by atoms with van der Waals surface area (Å²) in [4.78, 5) is 10.7. The van der Waals surface area contributed by atoms with Crippen LogP contribution in [0.4, 0.5) is 4.39 Å². The number of carbonyl (C=O) groups excluding carboxylic acids is 1. The third-order valence-electron chi connectivity index (χ3n) is 3.05. The summed E-state index contributed by atoms with van der Waals surface area (Å²) in [7, 11) is -3.42. The number of hydrogen-bond acceptors (Lipinski definition) is 4. The smallest absolute Gasteiger partial charge is 0.208 e. The molecule has 1 atom stereocenters. The van der Waals surface area contributed by atoms with Crippen LogP contribution in [0.1, 0.15) is 22.8 Å². The van der Waals surface area contributed by atoms with E-state index in [-0.39, 0.29) is 18.5 Å². The number of nitrogens with one attached hydrogen (secondary N) is 1. The van der Waals surface area contributed by atoms with E-state index < -0.39 is 21.9 Å². The monoisotopic (exact) mass is 299 g/mol. The minimum Gasteiger partial charge on any atom is -0.387 e. The molecule has 1 aromatic rings. The topological polar surface area (TPSA) is 83.5 Å². The summed E-state index contributed by atoms with van der Waals surface area (Å²) in [6.07, 6.45) is 2.29. The van der Waals surface area contributed by atoms with Crippen molar-refractivity contribution in [3.63, 3.8) is 0 Å². The quantitative estimate of drug-likeness (QED) is 0.778. The van der Waals surface area contributed by atoms with E-state index in [1.807, 2.05) is 0 Å². The summed E-state index contributed by atoms with van der Waals surface area (Å²) in [5, 5.41) is 9.88. The average Bonchev–Trinajstić information content (AvgIpc) is 2.78. The van der Waals surface area contributed by atoms with E-state index >= 15 is 0 Å². The number of aliphatic hydroxyl groups excluding tert-OH is 1. The lowest BCUT2D eigenvalue weighted by atomic mass is 10.0. The molecule has 1 unspecified atom stereocenters. The molecule has 0 bridgehead atoms. The van der Waals surface area contributed by atoms with Crippen molar-refractivity contribution in [3.05, 3.63) is 40.2 Å². The number of halogens is 1. The zero-order valence-corrected chi connectivity index (χ0v) is 11.6. The van der Waals surface area contributed by atoms with Crippen LogP contribution < -0.4 is 4.72 Å². The van der Waals surface area contributed by atoms with Crippen molar-refractivity contribution in [2.24, 2.45) is 0 Å². The Labute approximate surface area is 116 Å². The first-order chi connectivity index (χ1) is 9.30. The number of sulfonamides is 1. The fourth-order valence-corrected chi connectivity index (χ4v) is 2.53. The number of carbonyl (C=O) groups is 1. The highest BCUT2D eigenvalue weighted by Crippen LogP contribution is 2.29. The zero-order valence-electron chi connectivity index (χ0n) is 10.8. The number of benzene rings is 1. The van der Waals surface area contributed by atoms with Gasteiger partial charge in [-0.15, -0.1) is 0 Å².